The third-order valence-corrected chi connectivity index (χ3v) is 4.09. The number of aromatic nitrogens is 1. The number of pyridine rings is 1. The largest absolute Gasteiger partial charge is 0.393 e. The number of aliphatic hydroxyl groups excluding tert-OH is 1. The van der Waals surface area contributed by atoms with Gasteiger partial charge in [0.05, 0.1) is 23.0 Å². The lowest BCUT2D eigenvalue weighted by Crippen LogP contribution is -2.39. The second-order valence-electron chi connectivity index (χ2n) is 4.65. The van der Waals surface area contributed by atoms with Crippen LogP contribution in [0.3, 0.4) is 0 Å². The fourth-order valence-electron chi connectivity index (χ4n) is 2.32. The van der Waals surface area contributed by atoms with Gasteiger partial charge in [-0.05, 0) is 38.2 Å². The fourth-order valence-corrected chi connectivity index (χ4v) is 2.68. The van der Waals surface area contributed by atoms with Crippen LogP contribution in [-0.2, 0) is 0 Å². The summed E-state index contributed by atoms with van der Waals surface area (Å²) in [4.78, 5) is 6.73. The van der Waals surface area contributed by atoms with Crippen LogP contribution < -0.4 is 4.90 Å². The van der Waals surface area contributed by atoms with E-state index in [1.165, 1.54) is 5.69 Å². The highest BCUT2D eigenvalue weighted by molar-refractivity contribution is 7.98. The Morgan fingerprint density at radius 1 is 1.53 bits per heavy atom. The van der Waals surface area contributed by atoms with E-state index >= 15 is 0 Å². The van der Waals surface area contributed by atoms with E-state index in [1.54, 1.807) is 11.8 Å². The van der Waals surface area contributed by atoms with Crippen LogP contribution in [0.5, 0.6) is 0 Å². The summed E-state index contributed by atoms with van der Waals surface area (Å²) in [6.07, 6.45) is 6.05. The molecule has 1 aromatic rings. The molecule has 2 atom stereocenters. The highest BCUT2D eigenvalue weighted by Crippen LogP contribution is 2.25. The van der Waals surface area contributed by atoms with Gasteiger partial charge in [-0.2, -0.15) is 0 Å². The van der Waals surface area contributed by atoms with Gasteiger partial charge in [0.2, 0.25) is 0 Å². The molecule has 1 fully saturated rings. The lowest BCUT2D eigenvalue weighted by molar-refractivity contribution is 0.115. The summed E-state index contributed by atoms with van der Waals surface area (Å²) in [5.41, 5.74) is 1.17. The van der Waals surface area contributed by atoms with Crippen LogP contribution in [0.4, 0.5) is 5.69 Å². The minimum absolute atomic E-state index is 0.212. The Morgan fingerprint density at radius 2 is 2.35 bits per heavy atom. The van der Waals surface area contributed by atoms with Crippen molar-refractivity contribution in [2.24, 2.45) is 5.92 Å². The van der Waals surface area contributed by atoms with E-state index in [2.05, 4.69) is 22.0 Å². The van der Waals surface area contributed by atoms with Crippen molar-refractivity contribution in [3.8, 4) is 0 Å². The molecule has 2 heterocycles. The highest BCUT2D eigenvalue weighted by Gasteiger charge is 2.23. The molecular weight excluding hydrogens is 232 g/mol. The average Bonchev–Trinajstić information content (AvgIpc) is 2.39. The van der Waals surface area contributed by atoms with E-state index < -0.39 is 0 Å². The van der Waals surface area contributed by atoms with Crippen molar-refractivity contribution in [2.75, 3.05) is 24.2 Å². The Kier molecular flexibility index (Phi) is 4.29. The number of rotatable bonds is 3. The average molecular weight is 252 g/mol. The second kappa shape index (κ2) is 5.74. The van der Waals surface area contributed by atoms with Gasteiger partial charge in [0, 0.05) is 19.0 Å². The van der Waals surface area contributed by atoms with Crippen LogP contribution in [0, 0.1) is 5.92 Å². The van der Waals surface area contributed by atoms with E-state index in [0.29, 0.717) is 5.92 Å². The number of hydrogen-bond acceptors (Lipinski definition) is 4. The maximum atomic E-state index is 9.68. The Bertz CT molecular complexity index is 353. The van der Waals surface area contributed by atoms with Crippen molar-refractivity contribution in [1.29, 1.82) is 0 Å². The van der Waals surface area contributed by atoms with Crippen molar-refractivity contribution >= 4 is 17.4 Å². The number of aliphatic hydroxyl groups is 1. The Morgan fingerprint density at radius 3 is 2.94 bits per heavy atom. The normalized spacial score (nSPS) is 22.5. The van der Waals surface area contributed by atoms with Gasteiger partial charge in [-0.15, -0.1) is 11.8 Å². The Hall–Kier alpha value is -0.740. The molecule has 1 saturated heterocycles. The van der Waals surface area contributed by atoms with Crippen LogP contribution in [0.2, 0.25) is 0 Å². The predicted octanol–water partition coefficient (Wildman–Crippen LogP) is 2.40. The molecular formula is C13H20N2OS. The molecule has 94 valence electrons. The molecule has 1 aliphatic rings. The molecule has 1 aromatic heterocycles. The van der Waals surface area contributed by atoms with Gasteiger partial charge in [-0.3, -0.25) is 0 Å². The number of hydrogen-bond donors (Lipinski definition) is 1. The molecule has 0 unspecified atom stereocenters. The third kappa shape index (κ3) is 3.13. The molecule has 0 spiro atoms. The molecule has 0 bridgehead atoms. The maximum Gasteiger partial charge on any atom is 0.0958 e. The number of piperidine rings is 1. The molecule has 1 N–H and O–H groups in total. The van der Waals surface area contributed by atoms with E-state index in [1.807, 2.05) is 19.4 Å². The highest BCUT2D eigenvalue weighted by atomic mass is 32.2. The minimum Gasteiger partial charge on any atom is -0.393 e. The molecule has 4 heteroatoms. The van der Waals surface area contributed by atoms with Crippen LogP contribution in [0.25, 0.3) is 0 Å². The summed E-state index contributed by atoms with van der Waals surface area (Å²) in [6, 6.07) is 4.19. The van der Waals surface area contributed by atoms with Gasteiger partial charge in [0.25, 0.3) is 0 Å². The van der Waals surface area contributed by atoms with Crippen molar-refractivity contribution < 1.29 is 5.11 Å². The summed E-state index contributed by atoms with van der Waals surface area (Å²) in [6.45, 7) is 3.91. The monoisotopic (exact) mass is 252 g/mol. The lowest BCUT2D eigenvalue weighted by Gasteiger charge is -2.35. The van der Waals surface area contributed by atoms with Crippen molar-refractivity contribution in [2.45, 2.75) is 30.9 Å². The fraction of sp³-hybridized carbons (Fsp3) is 0.615. The van der Waals surface area contributed by atoms with Crippen LogP contribution in [0.1, 0.15) is 19.8 Å². The zero-order valence-electron chi connectivity index (χ0n) is 10.5. The first kappa shape index (κ1) is 12.7. The van der Waals surface area contributed by atoms with Gasteiger partial charge in [-0.1, -0.05) is 0 Å². The molecule has 3 nitrogen and oxygen atoms in total. The lowest BCUT2D eigenvalue weighted by atomic mass is 9.93. The summed E-state index contributed by atoms with van der Waals surface area (Å²) in [5.74, 6) is 0.393. The van der Waals surface area contributed by atoms with Crippen LogP contribution in [-0.4, -0.2) is 35.5 Å². The number of anilines is 1. The van der Waals surface area contributed by atoms with Gasteiger partial charge in [0.15, 0.2) is 0 Å². The second-order valence-corrected chi connectivity index (χ2v) is 5.47. The van der Waals surface area contributed by atoms with Gasteiger partial charge >= 0.3 is 0 Å². The first-order chi connectivity index (χ1) is 8.20. The summed E-state index contributed by atoms with van der Waals surface area (Å²) >= 11 is 1.66. The van der Waals surface area contributed by atoms with Gasteiger partial charge in [-0.25, -0.2) is 4.98 Å². The standard InChI is InChI=1S/C13H20N2OS/c1-10(16)11-4-3-7-15(9-11)12-5-6-13(17-2)14-8-12/h5-6,8,10-11,16H,3-4,7,9H2,1-2H3/t10-,11-/m1/s1. The molecule has 17 heavy (non-hydrogen) atoms. The topological polar surface area (TPSA) is 36.4 Å². The smallest absolute Gasteiger partial charge is 0.0958 e. The van der Waals surface area contributed by atoms with Crippen molar-refractivity contribution in [1.82, 2.24) is 4.98 Å². The summed E-state index contributed by atoms with van der Waals surface area (Å²) in [5, 5.41) is 10.7. The van der Waals surface area contributed by atoms with Gasteiger partial charge < -0.3 is 10.0 Å². The molecule has 0 aromatic carbocycles. The third-order valence-electron chi connectivity index (χ3n) is 3.44. The van der Waals surface area contributed by atoms with E-state index in [4.69, 9.17) is 0 Å². The van der Waals surface area contributed by atoms with Crippen LogP contribution in [0.15, 0.2) is 23.4 Å². The zero-order chi connectivity index (χ0) is 12.3. The maximum absolute atomic E-state index is 9.68. The summed E-state index contributed by atoms with van der Waals surface area (Å²) < 4.78 is 0. The van der Waals surface area contributed by atoms with E-state index in [0.717, 1.165) is 31.0 Å². The number of nitrogens with zero attached hydrogens (tertiary/aromatic N) is 2. The predicted molar refractivity (Wildman–Crippen MR) is 72.6 cm³/mol. The zero-order valence-corrected chi connectivity index (χ0v) is 11.3. The molecule has 2 rings (SSSR count). The molecule has 0 amide bonds. The Balaban J connectivity index is 2.05. The summed E-state index contributed by atoms with van der Waals surface area (Å²) in [7, 11) is 0. The first-order valence-corrected chi connectivity index (χ1v) is 7.36. The molecule has 1 aliphatic heterocycles. The van der Waals surface area contributed by atoms with E-state index in [9.17, 15) is 5.11 Å². The first-order valence-electron chi connectivity index (χ1n) is 6.13. The van der Waals surface area contributed by atoms with Crippen LogP contribution >= 0.6 is 11.8 Å². The molecule has 0 aliphatic carbocycles. The quantitative estimate of drug-likeness (QED) is 0.838. The van der Waals surface area contributed by atoms with E-state index in [-0.39, 0.29) is 6.10 Å². The molecule has 0 radical (unpaired) electrons. The van der Waals surface area contributed by atoms with Gasteiger partial charge in [0.1, 0.15) is 0 Å². The molecule has 0 saturated carbocycles. The van der Waals surface area contributed by atoms with Crippen molar-refractivity contribution in [3.05, 3.63) is 18.3 Å². The number of thioether (sulfide) groups is 1. The minimum atomic E-state index is -0.212. The SMILES string of the molecule is CSc1ccc(N2CCC[C@@H]([C@@H](C)O)C2)cn1. The van der Waals surface area contributed by atoms with Crippen molar-refractivity contribution in [3.63, 3.8) is 0 Å². The Labute approximate surface area is 107 Å².